The van der Waals surface area contributed by atoms with Crippen molar-refractivity contribution in [3.63, 3.8) is 0 Å². The van der Waals surface area contributed by atoms with Gasteiger partial charge in [-0.15, -0.1) is 0 Å². The number of ether oxygens (including phenoxy) is 1. The number of para-hydroxylation sites is 2. The molecule has 36 heavy (non-hydrogen) atoms. The van der Waals surface area contributed by atoms with Gasteiger partial charge in [0.25, 0.3) is 0 Å². The molecule has 2 aliphatic rings. The van der Waals surface area contributed by atoms with Crippen molar-refractivity contribution in [2.45, 2.75) is 13.0 Å². The van der Waals surface area contributed by atoms with Crippen molar-refractivity contribution in [3.05, 3.63) is 132 Å². The molecule has 172 valence electrons. The first kappa shape index (κ1) is 20.7. The summed E-state index contributed by atoms with van der Waals surface area (Å²) >= 11 is 0. The lowest BCUT2D eigenvalue weighted by Crippen LogP contribution is -2.12. The first-order valence-electron chi connectivity index (χ1n) is 12.2. The van der Waals surface area contributed by atoms with Crippen LogP contribution in [0.1, 0.15) is 16.7 Å². The zero-order chi connectivity index (χ0) is 23.9. The van der Waals surface area contributed by atoms with E-state index in [-0.39, 0.29) is 0 Å². The second-order valence-electron chi connectivity index (χ2n) is 9.06. The Balaban J connectivity index is 1.39. The third-order valence-electron chi connectivity index (χ3n) is 6.82. The second kappa shape index (κ2) is 8.51. The summed E-state index contributed by atoms with van der Waals surface area (Å²) in [6, 6.07) is 37.8. The molecule has 0 aliphatic carbocycles. The molecule has 1 aromatic heterocycles. The van der Waals surface area contributed by atoms with Crippen molar-refractivity contribution >= 4 is 28.5 Å². The summed E-state index contributed by atoms with van der Waals surface area (Å²) in [6.07, 6.45) is 2.67. The van der Waals surface area contributed by atoms with Crippen LogP contribution in [-0.4, -0.2) is 10.7 Å². The van der Waals surface area contributed by atoms with Gasteiger partial charge in [0.15, 0.2) is 0 Å². The molecule has 0 spiro atoms. The quantitative estimate of drug-likeness (QED) is 0.273. The molecule has 5 aromatic rings. The van der Waals surface area contributed by atoms with Crippen LogP contribution in [0.25, 0.3) is 11.3 Å². The Labute approximate surface area is 210 Å². The van der Waals surface area contributed by atoms with Gasteiger partial charge in [-0.25, -0.2) is 0 Å². The van der Waals surface area contributed by atoms with Gasteiger partial charge in [-0.05, 0) is 65.7 Å². The third kappa shape index (κ3) is 3.55. The minimum absolute atomic E-state index is 0.519. The molecule has 4 nitrogen and oxygen atoms in total. The van der Waals surface area contributed by atoms with Crippen LogP contribution in [-0.2, 0) is 13.0 Å². The minimum atomic E-state index is 0.519. The normalized spacial score (nSPS) is 13.7. The van der Waals surface area contributed by atoms with E-state index >= 15 is 0 Å². The Hall–Kier alpha value is -4.70. The molecule has 0 radical (unpaired) electrons. The maximum absolute atomic E-state index is 6.33. The predicted octanol–water partition coefficient (Wildman–Crippen LogP) is 7.79. The molecule has 4 aromatic carbocycles. The molecule has 0 atom stereocenters. The van der Waals surface area contributed by atoms with Crippen molar-refractivity contribution in [2.75, 3.05) is 4.90 Å². The summed E-state index contributed by atoms with van der Waals surface area (Å²) in [7, 11) is 0. The predicted molar refractivity (Wildman–Crippen MR) is 145 cm³/mol. The van der Waals surface area contributed by atoms with Crippen LogP contribution >= 0.6 is 0 Å². The largest absolute Gasteiger partial charge is 0.487 e. The smallest absolute Gasteiger partial charge is 0.143 e. The van der Waals surface area contributed by atoms with Crippen LogP contribution < -0.4 is 9.64 Å². The van der Waals surface area contributed by atoms with Gasteiger partial charge in [0.05, 0.1) is 28.5 Å². The van der Waals surface area contributed by atoms with Crippen molar-refractivity contribution in [1.82, 2.24) is 4.98 Å². The van der Waals surface area contributed by atoms with Gasteiger partial charge in [0.1, 0.15) is 12.4 Å². The Morgan fingerprint density at radius 3 is 2.42 bits per heavy atom. The first-order chi connectivity index (χ1) is 17.8. The highest BCUT2D eigenvalue weighted by Gasteiger charge is 2.25. The minimum Gasteiger partial charge on any atom is -0.487 e. The summed E-state index contributed by atoms with van der Waals surface area (Å²) in [5.74, 6) is 0.856. The fourth-order valence-corrected chi connectivity index (χ4v) is 5.05. The number of aromatic nitrogens is 1. The van der Waals surface area contributed by atoms with Crippen molar-refractivity contribution < 1.29 is 4.74 Å². The second-order valence-corrected chi connectivity index (χ2v) is 9.06. The van der Waals surface area contributed by atoms with Crippen LogP contribution in [0.4, 0.5) is 22.7 Å². The lowest BCUT2D eigenvalue weighted by atomic mass is 10.0. The van der Waals surface area contributed by atoms with Crippen molar-refractivity contribution in [1.29, 1.82) is 0 Å². The van der Waals surface area contributed by atoms with E-state index in [4.69, 9.17) is 9.73 Å². The average molecular weight is 466 g/mol. The number of fused-ring (bicyclic) bond motifs is 3. The molecule has 0 amide bonds. The summed E-state index contributed by atoms with van der Waals surface area (Å²) in [6.45, 7) is 0.519. The molecule has 0 unspecified atom stereocenters. The zero-order valence-corrected chi connectivity index (χ0v) is 19.6. The van der Waals surface area contributed by atoms with Crippen LogP contribution in [0.5, 0.6) is 5.75 Å². The number of hydrogen-bond acceptors (Lipinski definition) is 4. The number of rotatable bonds is 3. The fraction of sp³-hybridized carbons (Fsp3) is 0.0625. The number of pyridine rings is 1. The standard InChI is InChI=1S/C32H23N3O/c1-3-13-28-23(8-1)19-29(34-28)24-15-16-32-31(20-24)35(30-14-4-2-9-25(30)21-36-32)26-11-7-10-22(18-26)27-12-5-6-17-33-27/h1-18,20H,19,21H2. The van der Waals surface area contributed by atoms with E-state index < -0.39 is 0 Å². The van der Waals surface area contributed by atoms with E-state index in [1.54, 1.807) is 0 Å². The lowest BCUT2D eigenvalue weighted by molar-refractivity contribution is 0.310. The lowest BCUT2D eigenvalue weighted by Gasteiger charge is -2.27. The van der Waals surface area contributed by atoms with Gasteiger partial charge in [0, 0.05) is 29.4 Å². The molecule has 0 bridgehead atoms. The highest BCUT2D eigenvalue weighted by atomic mass is 16.5. The van der Waals surface area contributed by atoms with Crippen molar-refractivity contribution in [3.8, 4) is 17.0 Å². The maximum atomic E-state index is 6.33. The SMILES string of the molecule is c1ccc(-c2cccc(N3c4ccccc4COc4ccc(C5=Nc6ccccc6C5)cc43)c2)nc1. The highest BCUT2D eigenvalue weighted by molar-refractivity contribution is 6.07. The van der Waals surface area contributed by atoms with Gasteiger partial charge in [-0.3, -0.25) is 9.98 Å². The molecular formula is C32H23N3O. The Morgan fingerprint density at radius 1 is 0.667 bits per heavy atom. The van der Waals surface area contributed by atoms with E-state index in [1.165, 1.54) is 5.56 Å². The molecule has 2 aliphatic heterocycles. The third-order valence-corrected chi connectivity index (χ3v) is 6.82. The van der Waals surface area contributed by atoms with Crippen LogP contribution in [0.2, 0.25) is 0 Å². The number of anilines is 3. The highest BCUT2D eigenvalue weighted by Crippen LogP contribution is 2.45. The molecule has 0 saturated heterocycles. The molecule has 0 saturated carbocycles. The summed E-state index contributed by atoms with van der Waals surface area (Å²) < 4.78 is 6.33. The first-order valence-corrected chi connectivity index (χ1v) is 12.2. The maximum Gasteiger partial charge on any atom is 0.143 e. The molecule has 0 N–H and O–H groups in total. The summed E-state index contributed by atoms with van der Waals surface area (Å²) in [5.41, 5.74) is 10.9. The van der Waals surface area contributed by atoms with Gasteiger partial charge < -0.3 is 9.64 Å². The van der Waals surface area contributed by atoms with Crippen LogP contribution in [0, 0.1) is 0 Å². The molecule has 0 fully saturated rings. The van der Waals surface area contributed by atoms with Gasteiger partial charge in [-0.2, -0.15) is 0 Å². The number of benzene rings is 4. The zero-order valence-electron chi connectivity index (χ0n) is 19.6. The Kier molecular flexibility index (Phi) is 4.88. The Morgan fingerprint density at radius 2 is 1.53 bits per heavy atom. The molecule has 3 heterocycles. The fourth-order valence-electron chi connectivity index (χ4n) is 5.05. The van der Waals surface area contributed by atoms with E-state index in [0.29, 0.717) is 6.61 Å². The van der Waals surface area contributed by atoms with Crippen LogP contribution in [0.3, 0.4) is 0 Å². The molecular weight excluding hydrogens is 442 g/mol. The molecule has 7 rings (SSSR count). The van der Waals surface area contributed by atoms with E-state index in [9.17, 15) is 0 Å². The van der Waals surface area contributed by atoms with Gasteiger partial charge >= 0.3 is 0 Å². The average Bonchev–Trinajstić information content (AvgIpc) is 3.31. The van der Waals surface area contributed by atoms with E-state index in [0.717, 1.165) is 63.0 Å². The Bertz CT molecular complexity index is 1620. The monoisotopic (exact) mass is 465 g/mol. The van der Waals surface area contributed by atoms with Crippen molar-refractivity contribution in [2.24, 2.45) is 4.99 Å². The van der Waals surface area contributed by atoms with Gasteiger partial charge in [0.2, 0.25) is 0 Å². The molecule has 4 heteroatoms. The number of hydrogen-bond donors (Lipinski definition) is 0. The summed E-state index contributed by atoms with van der Waals surface area (Å²) in [5, 5.41) is 0. The van der Waals surface area contributed by atoms with Crippen LogP contribution in [0.15, 0.2) is 120 Å². The number of nitrogens with zero attached hydrogens (tertiary/aromatic N) is 3. The van der Waals surface area contributed by atoms with E-state index in [1.807, 2.05) is 30.5 Å². The summed E-state index contributed by atoms with van der Waals surface area (Å²) in [4.78, 5) is 11.8. The van der Waals surface area contributed by atoms with Gasteiger partial charge in [-0.1, -0.05) is 54.6 Å². The topological polar surface area (TPSA) is 37.7 Å². The number of aliphatic imine (C=N–C) groups is 1. The van der Waals surface area contributed by atoms with E-state index in [2.05, 4.69) is 94.8 Å².